The molecule has 3 heteroatoms. The van der Waals surface area contributed by atoms with E-state index in [0.717, 1.165) is 26.2 Å². The van der Waals surface area contributed by atoms with Gasteiger partial charge in [0.05, 0.1) is 0 Å². The van der Waals surface area contributed by atoms with Gasteiger partial charge in [0.15, 0.2) is 0 Å². The second-order valence-electron chi connectivity index (χ2n) is 4.83. The largest absolute Gasteiger partial charge is 0.372 e. The van der Waals surface area contributed by atoms with Gasteiger partial charge in [-0.3, -0.25) is 0 Å². The first-order valence-corrected chi connectivity index (χ1v) is 7.51. The lowest BCUT2D eigenvalue weighted by Gasteiger charge is -2.25. The van der Waals surface area contributed by atoms with Crippen LogP contribution in [0.15, 0.2) is 24.3 Å². The van der Waals surface area contributed by atoms with Crippen molar-refractivity contribution in [3.05, 3.63) is 29.8 Å². The molecular weight excluding hydrogens is 234 g/mol. The summed E-state index contributed by atoms with van der Waals surface area (Å²) in [4.78, 5) is 4.91. The Morgan fingerprint density at radius 1 is 1.00 bits per heavy atom. The van der Waals surface area contributed by atoms with Crippen molar-refractivity contribution in [1.82, 2.24) is 4.90 Å². The zero-order valence-corrected chi connectivity index (χ0v) is 12.7. The fourth-order valence-corrected chi connectivity index (χ4v) is 2.37. The lowest BCUT2D eigenvalue weighted by molar-refractivity contribution is 0.301. The summed E-state index contributed by atoms with van der Waals surface area (Å²) in [6.45, 7) is 12.9. The van der Waals surface area contributed by atoms with Crippen molar-refractivity contribution < 1.29 is 0 Å². The van der Waals surface area contributed by atoms with Gasteiger partial charge in [-0.05, 0) is 50.7 Å². The second-order valence-corrected chi connectivity index (χ2v) is 4.83. The molecule has 1 aromatic rings. The first-order chi connectivity index (χ1) is 9.24. The highest BCUT2D eigenvalue weighted by Crippen LogP contribution is 2.16. The van der Waals surface area contributed by atoms with Gasteiger partial charge in [0.1, 0.15) is 0 Å². The lowest BCUT2D eigenvalue weighted by Crippen LogP contribution is -2.30. The van der Waals surface area contributed by atoms with E-state index >= 15 is 0 Å². The van der Waals surface area contributed by atoms with E-state index < -0.39 is 0 Å². The Bertz CT molecular complexity index is 348. The van der Waals surface area contributed by atoms with E-state index in [1.54, 1.807) is 0 Å². The third-order valence-electron chi connectivity index (χ3n) is 3.69. The van der Waals surface area contributed by atoms with Crippen LogP contribution in [-0.4, -0.2) is 37.6 Å². The Hall–Kier alpha value is -1.06. The number of anilines is 1. The minimum Gasteiger partial charge on any atom is -0.372 e. The Morgan fingerprint density at radius 2 is 1.74 bits per heavy atom. The van der Waals surface area contributed by atoms with Gasteiger partial charge in [-0.1, -0.05) is 26.0 Å². The first-order valence-electron chi connectivity index (χ1n) is 7.51. The Balaban J connectivity index is 2.52. The summed E-state index contributed by atoms with van der Waals surface area (Å²) in [5.74, 6) is 0. The summed E-state index contributed by atoms with van der Waals surface area (Å²) in [6.07, 6.45) is 1.21. The number of hydrogen-bond acceptors (Lipinski definition) is 3. The summed E-state index contributed by atoms with van der Waals surface area (Å²) in [6, 6.07) is 8.58. The number of nitrogens with two attached hydrogens (primary N) is 1. The summed E-state index contributed by atoms with van der Waals surface area (Å²) in [5.41, 5.74) is 8.22. The fourth-order valence-electron chi connectivity index (χ4n) is 2.37. The van der Waals surface area contributed by atoms with Crippen LogP contribution in [0.2, 0.25) is 0 Å². The van der Waals surface area contributed by atoms with Crippen LogP contribution in [0.3, 0.4) is 0 Å². The van der Waals surface area contributed by atoms with Gasteiger partial charge in [-0.15, -0.1) is 0 Å². The highest BCUT2D eigenvalue weighted by molar-refractivity contribution is 5.48. The van der Waals surface area contributed by atoms with E-state index in [9.17, 15) is 0 Å². The number of rotatable bonds is 9. The molecule has 3 nitrogen and oxygen atoms in total. The summed E-state index contributed by atoms with van der Waals surface area (Å²) in [7, 11) is 0. The Labute approximate surface area is 118 Å². The summed E-state index contributed by atoms with van der Waals surface area (Å²) in [5, 5.41) is 0. The van der Waals surface area contributed by atoms with Crippen molar-refractivity contribution in [3.63, 3.8) is 0 Å². The van der Waals surface area contributed by atoms with E-state index in [1.807, 2.05) is 0 Å². The van der Waals surface area contributed by atoms with Crippen molar-refractivity contribution in [3.8, 4) is 0 Å². The molecule has 0 saturated heterocycles. The van der Waals surface area contributed by atoms with E-state index in [-0.39, 0.29) is 0 Å². The van der Waals surface area contributed by atoms with E-state index in [1.165, 1.54) is 24.2 Å². The van der Waals surface area contributed by atoms with Crippen LogP contribution >= 0.6 is 0 Å². The van der Waals surface area contributed by atoms with Crippen molar-refractivity contribution in [2.45, 2.75) is 33.7 Å². The minimum atomic E-state index is 0.616. The molecule has 0 atom stereocenters. The smallest absolute Gasteiger partial charge is 0.0369 e. The zero-order valence-electron chi connectivity index (χ0n) is 12.7. The predicted molar refractivity (Wildman–Crippen MR) is 84.6 cm³/mol. The Morgan fingerprint density at radius 3 is 2.32 bits per heavy atom. The quantitative estimate of drug-likeness (QED) is 0.743. The maximum atomic E-state index is 5.71. The molecule has 1 rings (SSSR count). The molecule has 0 radical (unpaired) electrons. The normalized spacial score (nSPS) is 11.0. The molecule has 0 spiro atoms. The van der Waals surface area contributed by atoms with Crippen LogP contribution in [0.4, 0.5) is 5.69 Å². The van der Waals surface area contributed by atoms with Crippen molar-refractivity contribution in [2.24, 2.45) is 5.73 Å². The van der Waals surface area contributed by atoms with E-state index in [0.29, 0.717) is 6.54 Å². The predicted octanol–water partition coefficient (Wildman–Crippen LogP) is 2.70. The highest BCUT2D eigenvalue weighted by Gasteiger charge is 2.06. The monoisotopic (exact) mass is 263 g/mol. The lowest BCUT2D eigenvalue weighted by atomic mass is 10.2. The van der Waals surface area contributed by atoms with Crippen LogP contribution in [0.25, 0.3) is 0 Å². The van der Waals surface area contributed by atoms with E-state index in [4.69, 9.17) is 5.73 Å². The van der Waals surface area contributed by atoms with Crippen LogP contribution in [0.1, 0.15) is 32.8 Å². The third kappa shape index (κ3) is 5.21. The number of benzene rings is 1. The van der Waals surface area contributed by atoms with Gasteiger partial charge in [0, 0.05) is 25.3 Å². The van der Waals surface area contributed by atoms with Crippen LogP contribution in [0, 0.1) is 0 Å². The molecular formula is C16H29N3. The molecule has 0 fully saturated rings. The molecule has 0 bridgehead atoms. The van der Waals surface area contributed by atoms with Crippen molar-refractivity contribution >= 4 is 5.69 Å². The SMILES string of the molecule is CCN(CC)CCCN(CC)c1cccc(CN)c1. The van der Waals surface area contributed by atoms with Crippen LogP contribution in [-0.2, 0) is 6.54 Å². The maximum absolute atomic E-state index is 5.71. The molecule has 108 valence electrons. The van der Waals surface area contributed by atoms with Gasteiger partial charge >= 0.3 is 0 Å². The average molecular weight is 263 g/mol. The molecule has 0 aromatic heterocycles. The first kappa shape index (κ1) is 16.0. The third-order valence-corrected chi connectivity index (χ3v) is 3.69. The Kier molecular flexibility index (Phi) is 7.53. The molecule has 0 aliphatic heterocycles. The molecule has 0 unspecified atom stereocenters. The van der Waals surface area contributed by atoms with Gasteiger partial charge in [0.2, 0.25) is 0 Å². The standard InChI is InChI=1S/C16H29N3/c1-4-18(5-2)11-8-12-19(6-3)16-10-7-9-15(13-16)14-17/h7,9-10,13H,4-6,8,11-12,14,17H2,1-3H3. The van der Waals surface area contributed by atoms with E-state index in [2.05, 4.69) is 54.8 Å². The zero-order chi connectivity index (χ0) is 14.1. The summed E-state index contributed by atoms with van der Waals surface area (Å²) >= 11 is 0. The fraction of sp³-hybridized carbons (Fsp3) is 0.625. The van der Waals surface area contributed by atoms with Crippen molar-refractivity contribution in [1.29, 1.82) is 0 Å². The summed E-state index contributed by atoms with van der Waals surface area (Å²) < 4.78 is 0. The van der Waals surface area contributed by atoms with Gasteiger partial charge < -0.3 is 15.5 Å². The molecule has 2 N–H and O–H groups in total. The molecule has 1 aromatic carbocycles. The van der Waals surface area contributed by atoms with Crippen LogP contribution < -0.4 is 10.6 Å². The highest BCUT2D eigenvalue weighted by atomic mass is 15.1. The molecule has 19 heavy (non-hydrogen) atoms. The maximum Gasteiger partial charge on any atom is 0.0369 e. The topological polar surface area (TPSA) is 32.5 Å². The van der Waals surface area contributed by atoms with Gasteiger partial charge in [0.25, 0.3) is 0 Å². The molecule has 0 heterocycles. The molecule has 0 aliphatic rings. The number of hydrogen-bond donors (Lipinski definition) is 1. The molecule has 0 saturated carbocycles. The van der Waals surface area contributed by atoms with Crippen LogP contribution in [0.5, 0.6) is 0 Å². The minimum absolute atomic E-state index is 0.616. The molecule has 0 amide bonds. The second kappa shape index (κ2) is 8.94. The number of nitrogens with zero attached hydrogens (tertiary/aromatic N) is 2. The van der Waals surface area contributed by atoms with Crippen molar-refractivity contribution in [2.75, 3.05) is 37.6 Å². The van der Waals surface area contributed by atoms with Gasteiger partial charge in [-0.2, -0.15) is 0 Å². The molecule has 0 aliphatic carbocycles. The average Bonchev–Trinajstić information content (AvgIpc) is 2.47. The van der Waals surface area contributed by atoms with Gasteiger partial charge in [-0.25, -0.2) is 0 Å².